The summed E-state index contributed by atoms with van der Waals surface area (Å²) in [4.78, 5) is 38.7. The Balaban J connectivity index is 1.40. The number of aromatic nitrogens is 5. The van der Waals surface area contributed by atoms with E-state index in [2.05, 4.69) is 38.6 Å². The predicted molar refractivity (Wildman–Crippen MR) is 117 cm³/mol. The van der Waals surface area contributed by atoms with Gasteiger partial charge >= 0.3 is 5.97 Å². The smallest absolute Gasteiger partial charge is 0.305 e. The van der Waals surface area contributed by atoms with E-state index in [0.29, 0.717) is 31.2 Å². The minimum atomic E-state index is -0.166. The lowest BCUT2D eigenvalue weighted by molar-refractivity contribution is -0.143. The summed E-state index contributed by atoms with van der Waals surface area (Å²) in [5.74, 6) is 3.63. The molecule has 1 aliphatic heterocycles. The fourth-order valence-electron chi connectivity index (χ4n) is 4.11. The van der Waals surface area contributed by atoms with Crippen LogP contribution in [-0.4, -0.2) is 62.7 Å². The van der Waals surface area contributed by atoms with Gasteiger partial charge in [-0.15, -0.1) is 0 Å². The van der Waals surface area contributed by atoms with E-state index in [1.807, 2.05) is 13.0 Å². The molecule has 2 fully saturated rings. The number of piperazine rings is 1. The number of ether oxygens (including phenoxy) is 1. The number of hydrogen-bond donors (Lipinski definition) is 0. The van der Waals surface area contributed by atoms with Crippen LogP contribution >= 0.6 is 0 Å². The van der Waals surface area contributed by atoms with Gasteiger partial charge in [-0.3, -0.25) is 4.79 Å². The van der Waals surface area contributed by atoms with E-state index in [1.54, 1.807) is 12.5 Å². The van der Waals surface area contributed by atoms with Gasteiger partial charge in [0.15, 0.2) is 0 Å². The van der Waals surface area contributed by atoms with E-state index in [1.165, 1.54) is 12.8 Å². The number of nitrogens with zero attached hydrogens (tertiary/aromatic N) is 7. The molecular formula is C22H31N7O2. The Morgan fingerprint density at radius 1 is 1.13 bits per heavy atom. The van der Waals surface area contributed by atoms with Gasteiger partial charge in [-0.25, -0.2) is 19.9 Å². The number of rotatable bonds is 8. The van der Waals surface area contributed by atoms with Gasteiger partial charge < -0.3 is 14.5 Å². The Morgan fingerprint density at radius 3 is 2.61 bits per heavy atom. The van der Waals surface area contributed by atoms with Gasteiger partial charge in [0.2, 0.25) is 5.95 Å². The van der Waals surface area contributed by atoms with Crippen molar-refractivity contribution in [1.29, 1.82) is 0 Å². The minimum Gasteiger partial charge on any atom is -0.465 e. The van der Waals surface area contributed by atoms with E-state index in [-0.39, 0.29) is 18.1 Å². The molecule has 0 radical (unpaired) electrons. The summed E-state index contributed by atoms with van der Waals surface area (Å²) >= 11 is 0. The first-order chi connectivity index (χ1) is 15.0. The molecule has 9 nitrogen and oxygen atoms in total. The van der Waals surface area contributed by atoms with Crippen molar-refractivity contribution < 1.29 is 9.53 Å². The molecule has 0 aromatic carbocycles. The van der Waals surface area contributed by atoms with Crippen LogP contribution in [0.1, 0.15) is 64.0 Å². The maximum absolute atomic E-state index is 11.6. The third-order valence-corrected chi connectivity index (χ3v) is 5.72. The Hall–Kier alpha value is -2.84. The van der Waals surface area contributed by atoms with E-state index in [4.69, 9.17) is 14.7 Å². The molecule has 0 spiro atoms. The quantitative estimate of drug-likeness (QED) is 0.591. The molecule has 2 aromatic rings. The second-order valence-corrected chi connectivity index (χ2v) is 8.48. The Morgan fingerprint density at radius 2 is 1.90 bits per heavy atom. The molecule has 1 aliphatic carbocycles. The van der Waals surface area contributed by atoms with Crippen molar-refractivity contribution in [2.24, 2.45) is 0 Å². The summed E-state index contributed by atoms with van der Waals surface area (Å²) < 4.78 is 5.25. The lowest BCUT2D eigenvalue weighted by Gasteiger charge is -2.45. The number of hydrogen-bond acceptors (Lipinski definition) is 9. The van der Waals surface area contributed by atoms with Crippen molar-refractivity contribution in [3.05, 3.63) is 30.2 Å². The fraction of sp³-hybridized carbons (Fsp3) is 0.636. The Labute approximate surface area is 183 Å². The average molecular weight is 426 g/mol. The second-order valence-electron chi connectivity index (χ2n) is 8.48. The van der Waals surface area contributed by atoms with Crippen LogP contribution in [0.25, 0.3) is 0 Å². The molecule has 1 saturated carbocycles. The van der Waals surface area contributed by atoms with Gasteiger partial charge in [0.05, 0.1) is 6.61 Å². The largest absolute Gasteiger partial charge is 0.465 e. The summed E-state index contributed by atoms with van der Waals surface area (Å²) in [6.45, 7) is 8.28. The van der Waals surface area contributed by atoms with Crippen molar-refractivity contribution in [2.45, 2.75) is 70.9 Å². The van der Waals surface area contributed by atoms with Crippen LogP contribution in [0.3, 0.4) is 0 Å². The van der Waals surface area contributed by atoms with Crippen LogP contribution in [-0.2, 0) is 16.0 Å². The molecule has 4 rings (SSSR count). The Kier molecular flexibility index (Phi) is 6.58. The average Bonchev–Trinajstić information content (AvgIpc) is 3.59. The molecule has 2 aromatic heterocycles. The van der Waals surface area contributed by atoms with E-state index >= 15 is 0 Å². The number of esters is 1. The van der Waals surface area contributed by atoms with Gasteiger partial charge in [-0.2, -0.15) is 4.98 Å². The van der Waals surface area contributed by atoms with Crippen molar-refractivity contribution in [2.75, 3.05) is 29.5 Å². The topological polar surface area (TPSA) is 97.2 Å². The molecule has 2 atom stereocenters. The molecule has 0 unspecified atom stereocenters. The van der Waals surface area contributed by atoms with Gasteiger partial charge in [-0.05, 0) is 39.2 Å². The Bertz CT molecular complexity index is 893. The minimum absolute atomic E-state index is 0.166. The first-order valence-corrected chi connectivity index (χ1v) is 11.2. The number of anilines is 2. The van der Waals surface area contributed by atoms with Gasteiger partial charge in [-0.1, -0.05) is 6.92 Å². The third-order valence-electron chi connectivity index (χ3n) is 5.72. The zero-order valence-corrected chi connectivity index (χ0v) is 18.6. The van der Waals surface area contributed by atoms with Gasteiger partial charge in [0, 0.05) is 50.1 Å². The van der Waals surface area contributed by atoms with Crippen molar-refractivity contribution in [3.8, 4) is 0 Å². The number of carbonyl (C=O) groups is 1. The zero-order valence-electron chi connectivity index (χ0n) is 18.6. The molecule has 31 heavy (non-hydrogen) atoms. The number of carbonyl (C=O) groups excluding carboxylic acids is 1. The molecular weight excluding hydrogens is 394 g/mol. The van der Waals surface area contributed by atoms with Crippen LogP contribution in [0.15, 0.2) is 18.6 Å². The van der Waals surface area contributed by atoms with E-state index in [9.17, 15) is 4.79 Å². The van der Waals surface area contributed by atoms with Crippen LogP contribution in [0.4, 0.5) is 11.8 Å². The van der Waals surface area contributed by atoms with Crippen LogP contribution in [0.2, 0.25) is 0 Å². The van der Waals surface area contributed by atoms with E-state index in [0.717, 1.165) is 37.1 Å². The standard InChI is InChI=1S/C22H31N7O2/c1-4-5-20(30)31-11-9-18-23-10-8-19(26-18)29-15(2)12-28(13-16(29)3)22-25-14-24-21(27-22)17-6-7-17/h8,10,14-17H,4-7,9,11-13H2,1-3H3/t15-,16+. The SMILES string of the molecule is CCCC(=O)OCCc1nccc(N2[C@H](C)CN(c3ncnc(C4CC4)n3)C[C@@H]2C)n1. The van der Waals surface area contributed by atoms with Crippen LogP contribution < -0.4 is 9.80 Å². The maximum Gasteiger partial charge on any atom is 0.305 e. The summed E-state index contributed by atoms with van der Waals surface area (Å²) in [5.41, 5.74) is 0. The van der Waals surface area contributed by atoms with Crippen LogP contribution in [0, 0.1) is 0 Å². The molecule has 0 bridgehead atoms. The predicted octanol–water partition coefficient (Wildman–Crippen LogP) is 2.53. The summed E-state index contributed by atoms with van der Waals surface area (Å²) in [5, 5.41) is 0. The summed E-state index contributed by atoms with van der Waals surface area (Å²) in [6.07, 6.45) is 7.53. The zero-order chi connectivity index (χ0) is 21.8. The lowest BCUT2D eigenvalue weighted by atomic mass is 10.1. The summed E-state index contributed by atoms with van der Waals surface area (Å²) in [6, 6.07) is 2.41. The van der Waals surface area contributed by atoms with Gasteiger partial charge in [0.25, 0.3) is 0 Å². The summed E-state index contributed by atoms with van der Waals surface area (Å²) in [7, 11) is 0. The highest BCUT2D eigenvalue weighted by atomic mass is 16.5. The second kappa shape index (κ2) is 9.53. The normalized spacial score (nSPS) is 21.3. The highest BCUT2D eigenvalue weighted by Crippen LogP contribution is 2.38. The molecule has 1 saturated heterocycles. The van der Waals surface area contributed by atoms with Gasteiger partial charge in [0.1, 0.15) is 23.8 Å². The van der Waals surface area contributed by atoms with Crippen molar-refractivity contribution in [1.82, 2.24) is 24.9 Å². The highest BCUT2D eigenvalue weighted by molar-refractivity contribution is 5.69. The molecule has 0 amide bonds. The lowest BCUT2D eigenvalue weighted by Crippen LogP contribution is -2.57. The highest BCUT2D eigenvalue weighted by Gasteiger charge is 2.33. The van der Waals surface area contributed by atoms with Crippen molar-refractivity contribution in [3.63, 3.8) is 0 Å². The monoisotopic (exact) mass is 425 g/mol. The maximum atomic E-state index is 11.6. The first kappa shape index (κ1) is 21.4. The van der Waals surface area contributed by atoms with E-state index < -0.39 is 0 Å². The van der Waals surface area contributed by atoms with Crippen molar-refractivity contribution >= 4 is 17.7 Å². The molecule has 2 aliphatic rings. The third kappa shape index (κ3) is 5.26. The molecule has 0 N–H and O–H groups in total. The molecule has 166 valence electrons. The molecule has 3 heterocycles. The molecule has 9 heteroatoms. The first-order valence-electron chi connectivity index (χ1n) is 11.2. The van der Waals surface area contributed by atoms with Crippen LogP contribution in [0.5, 0.6) is 0 Å². The fourth-order valence-corrected chi connectivity index (χ4v) is 4.11.